The minimum Gasteiger partial charge on any atom is -0.355 e. The standard InChI is InChI=1S/C22H28N4/c1-4-15-25(16-5-2)22-20(17-19-12-7-6-8-13-19)23-24-26(22)21-14-10-9-11-18(21)3/h6-14H,4-5,15-17H2,1-3H3. The van der Waals surface area contributed by atoms with Gasteiger partial charge in [0.1, 0.15) is 5.69 Å². The highest BCUT2D eigenvalue weighted by molar-refractivity contribution is 5.53. The molecule has 0 amide bonds. The monoisotopic (exact) mass is 348 g/mol. The minimum atomic E-state index is 0.798. The Hall–Kier alpha value is -2.62. The zero-order chi connectivity index (χ0) is 18.4. The van der Waals surface area contributed by atoms with Crippen molar-refractivity contribution in [3.05, 3.63) is 71.4 Å². The summed E-state index contributed by atoms with van der Waals surface area (Å²) in [6.45, 7) is 8.59. The van der Waals surface area contributed by atoms with Gasteiger partial charge < -0.3 is 4.90 Å². The van der Waals surface area contributed by atoms with E-state index in [0.29, 0.717) is 0 Å². The number of para-hydroxylation sites is 1. The Bertz CT molecular complexity index is 817. The largest absolute Gasteiger partial charge is 0.355 e. The predicted octanol–water partition coefficient (Wildman–Crippen LogP) is 4.79. The van der Waals surface area contributed by atoms with E-state index in [9.17, 15) is 0 Å². The fourth-order valence-corrected chi connectivity index (χ4v) is 3.35. The summed E-state index contributed by atoms with van der Waals surface area (Å²) in [5.74, 6) is 1.13. The van der Waals surface area contributed by atoms with Gasteiger partial charge in [-0.15, -0.1) is 5.10 Å². The fraction of sp³-hybridized carbons (Fsp3) is 0.364. The highest BCUT2D eigenvalue weighted by atomic mass is 15.5. The summed E-state index contributed by atoms with van der Waals surface area (Å²) in [5.41, 5.74) is 4.62. The van der Waals surface area contributed by atoms with Crippen LogP contribution in [0.15, 0.2) is 54.6 Å². The van der Waals surface area contributed by atoms with E-state index in [1.54, 1.807) is 0 Å². The second kappa shape index (κ2) is 8.65. The molecule has 0 radical (unpaired) electrons. The molecule has 4 nitrogen and oxygen atoms in total. The summed E-state index contributed by atoms with van der Waals surface area (Å²) in [6.07, 6.45) is 3.00. The van der Waals surface area contributed by atoms with Crippen LogP contribution in [0.4, 0.5) is 5.82 Å². The summed E-state index contributed by atoms with van der Waals surface area (Å²) in [6, 6.07) is 18.9. The Balaban J connectivity index is 2.08. The van der Waals surface area contributed by atoms with Gasteiger partial charge in [0, 0.05) is 19.5 Å². The molecule has 0 saturated carbocycles. The molecule has 0 N–H and O–H groups in total. The minimum absolute atomic E-state index is 0.798. The lowest BCUT2D eigenvalue weighted by molar-refractivity contribution is 0.702. The molecule has 0 spiro atoms. The van der Waals surface area contributed by atoms with Gasteiger partial charge in [0.25, 0.3) is 0 Å². The molecule has 1 heterocycles. The summed E-state index contributed by atoms with van der Waals surface area (Å²) in [5, 5.41) is 9.14. The topological polar surface area (TPSA) is 34.0 Å². The number of rotatable bonds is 8. The van der Waals surface area contributed by atoms with Crippen LogP contribution in [0, 0.1) is 6.92 Å². The Morgan fingerprint density at radius 2 is 1.54 bits per heavy atom. The molecule has 0 unspecified atom stereocenters. The Morgan fingerprint density at radius 3 is 2.19 bits per heavy atom. The molecule has 0 fully saturated rings. The SMILES string of the molecule is CCCN(CCC)c1c(Cc2ccccc2)nnn1-c1ccccc1C. The van der Waals surface area contributed by atoms with Crippen molar-refractivity contribution in [3.8, 4) is 5.69 Å². The van der Waals surface area contributed by atoms with E-state index in [2.05, 4.69) is 90.6 Å². The van der Waals surface area contributed by atoms with Gasteiger partial charge in [-0.2, -0.15) is 4.68 Å². The van der Waals surface area contributed by atoms with Crippen molar-refractivity contribution in [3.63, 3.8) is 0 Å². The zero-order valence-corrected chi connectivity index (χ0v) is 16.0. The van der Waals surface area contributed by atoms with Crippen LogP contribution in [-0.4, -0.2) is 28.1 Å². The van der Waals surface area contributed by atoms with Crippen molar-refractivity contribution in [2.45, 2.75) is 40.0 Å². The number of hydrogen-bond acceptors (Lipinski definition) is 3. The molecule has 3 aromatic rings. The second-order valence-corrected chi connectivity index (χ2v) is 6.71. The van der Waals surface area contributed by atoms with E-state index in [0.717, 1.165) is 49.6 Å². The molecule has 0 aliphatic carbocycles. The summed E-state index contributed by atoms with van der Waals surface area (Å²) < 4.78 is 2.03. The van der Waals surface area contributed by atoms with Gasteiger partial charge in [0.05, 0.1) is 5.69 Å². The van der Waals surface area contributed by atoms with Crippen LogP contribution in [0.2, 0.25) is 0 Å². The van der Waals surface area contributed by atoms with Crippen LogP contribution in [0.5, 0.6) is 0 Å². The number of benzene rings is 2. The molecule has 0 bridgehead atoms. The average molecular weight is 348 g/mol. The van der Waals surface area contributed by atoms with Crippen molar-refractivity contribution >= 4 is 5.82 Å². The third kappa shape index (κ3) is 3.96. The van der Waals surface area contributed by atoms with Crippen molar-refractivity contribution < 1.29 is 0 Å². The number of aryl methyl sites for hydroxylation is 1. The average Bonchev–Trinajstić information content (AvgIpc) is 3.06. The lowest BCUT2D eigenvalue weighted by Gasteiger charge is -2.25. The van der Waals surface area contributed by atoms with Crippen molar-refractivity contribution in [1.82, 2.24) is 15.0 Å². The van der Waals surface area contributed by atoms with E-state index in [1.165, 1.54) is 11.1 Å². The summed E-state index contributed by atoms with van der Waals surface area (Å²) in [7, 11) is 0. The zero-order valence-electron chi connectivity index (χ0n) is 16.0. The third-order valence-corrected chi connectivity index (χ3v) is 4.56. The van der Waals surface area contributed by atoms with Crippen LogP contribution < -0.4 is 4.90 Å². The van der Waals surface area contributed by atoms with Crippen LogP contribution in [-0.2, 0) is 6.42 Å². The van der Waals surface area contributed by atoms with Crippen LogP contribution >= 0.6 is 0 Å². The second-order valence-electron chi connectivity index (χ2n) is 6.71. The van der Waals surface area contributed by atoms with Gasteiger partial charge in [0.2, 0.25) is 0 Å². The van der Waals surface area contributed by atoms with Gasteiger partial charge in [-0.1, -0.05) is 67.6 Å². The van der Waals surface area contributed by atoms with Crippen molar-refractivity contribution in [2.75, 3.05) is 18.0 Å². The van der Waals surface area contributed by atoms with Crippen molar-refractivity contribution in [1.29, 1.82) is 0 Å². The normalized spacial score (nSPS) is 10.9. The maximum atomic E-state index is 4.59. The molecular formula is C22H28N4. The van der Waals surface area contributed by atoms with E-state index >= 15 is 0 Å². The van der Waals surface area contributed by atoms with E-state index < -0.39 is 0 Å². The molecular weight excluding hydrogens is 320 g/mol. The van der Waals surface area contributed by atoms with E-state index in [4.69, 9.17) is 0 Å². The summed E-state index contributed by atoms with van der Waals surface area (Å²) in [4.78, 5) is 2.44. The smallest absolute Gasteiger partial charge is 0.156 e. The molecule has 3 rings (SSSR count). The Kier molecular flexibility index (Phi) is 6.05. The third-order valence-electron chi connectivity index (χ3n) is 4.56. The predicted molar refractivity (Wildman–Crippen MR) is 108 cm³/mol. The van der Waals surface area contributed by atoms with Crippen LogP contribution in [0.3, 0.4) is 0 Å². The van der Waals surface area contributed by atoms with Gasteiger partial charge >= 0.3 is 0 Å². The molecule has 0 saturated heterocycles. The Labute approximate surface area is 156 Å². The number of aromatic nitrogens is 3. The lowest BCUT2D eigenvalue weighted by atomic mass is 10.1. The number of anilines is 1. The van der Waals surface area contributed by atoms with Gasteiger partial charge in [-0.05, 0) is 37.0 Å². The van der Waals surface area contributed by atoms with Crippen LogP contribution in [0.25, 0.3) is 5.69 Å². The molecule has 2 aromatic carbocycles. The number of hydrogen-bond donors (Lipinski definition) is 0. The molecule has 136 valence electrons. The number of nitrogens with zero attached hydrogens (tertiary/aromatic N) is 4. The molecule has 1 aromatic heterocycles. The first-order valence-corrected chi connectivity index (χ1v) is 9.54. The molecule has 0 aliphatic rings. The maximum Gasteiger partial charge on any atom is 0.156 e. The van der Waals surface area contributed by atoms with Gasteiger partial charge in [0.15, 0.2) is 5.82 Å². The van der Waals surface area contributed by atoms with Crippen LogP contribution in [0.1, 0.15) is 43.5 Å². The quantitative estimate of drug-likeness (QED) is 0.587. The lowest BCUT2D eigenvalue weighted by Crippen LogP contribution is -2.28. The molecule has 4 heteroatoms. The first kappa shape index (κ1) is 18.2. The molecule has 0 aliphatic heterocycles. The van der Waals surface area contributed by atoms with Crippen molar-refractivity contribution in [2.24, 2.45) is 0 Å². The maximum absolute atomic E-state index is 4.59. The molecule has 0 atom stereocenters. The highest BCUT2D eigenvalue weighted by Gasteiger charge is 2.21. The van der Waals surface area contributed by atoms with E-state index in [1.807, 2.05) is 4.68 Å². The van der Waals surface area contributed by atoms with Gasteiger partial charge in [-0.25, -0.2) is 0 Å². The Morgan fingerprint density at radius 1 is 0.885 bits per heavy atom. The van der Waals surface area contributed by atoms with Gasteiger partial charge in [-0.3, -0.25) is 0 Å². The first-order chi connectivity index (χ1) is 12.7. The van der Waals surface area contributed by atoms with E-state index in [-0.39, 0.29) is 0 Å². The summed E-state index contributed by atoms with van der Waals surface area (Å²) >= 11 is 0. The highest BCUT2D eigenvalue weighted by Crippen LogP contribution is 2.26. The fourth-order valence-electron chi connectivity index (χ4n) is 3.35. The first-order valence-electron chi connectivity index (χ1n) is 9.54. The molecule has 26 heavy (non-hydrogen) atoms.